The maximum atomic E-state index is 11.6. The third-order valence-corrected chi connectivity index (χ3v) is 4.27. The Balaban J connectivity index is 2.30. The van der Waals surface area contributed by atoms with Crippen LogP contribution in [0.25, 0.3) is 16.8 Å². The maximum absolute atomic E-state index is 11.6. The Morgan fingerprint density at radius 3 is 2.22 bits per heavy atom. The van der Waals surface area contributed by atoms with Gasteiger partial charge in [-0.25, -0.2) is 14.8 Å². The molecule has 3 aromatic rings. The summed E-state index contributed by atoms with van der Waals surface area (Å²) >= 11 is 0. The van der Waals surface area contributed by atoms with E-state index in [1.165, 1.54) is 6.07 Å². The van der Waals surface area contributed by atoms with Crippen LogP contribution in [-0.2, 0) is 0 Å². The van der Waals surface area contributed by atoms with E-state index in [1.807, 2.05) is 32.0 Å². The predicted octanol–water partition coefficient (Wildman–Crippen LogP) is 3.59. The SMILES string of the molecule is CC(N)=C(c1nc(C(=O)O)cc(-c2ccncc2)n1)c1c(C)cccc1C. The van der Waals surface area contributed by atoms with E-state index in [4.69, 9.17) is 5.73 Å². The molecule has 136 valence electrons. The summed E-state index contributed by atoms with van der Waals surface area (Å²) in [6.07, 6.45) is 3.27. The molecule has 0 spiro atoms. The predicted molar refractivity (Wildman–Crippen MR) is 104 cm³/mol. The molecule has 0 amide bonds. The lowest BCUT2D eigenvalue weighted by Crippen LogP contribution is -2.11. The third-order valence-electron chi connectivity index (χ3n) is 4.27. The Morgan fingerprint density at radius 1 is 1.04 bits per heavy atom. The first-order valence-electron chi connectivity index (χ1n) is 8.44. The first-order valence-corrected chi connectivity index (χ1v) is 8.44. The van der Waals surface area contributed by atoms with Gasteiger partial charge in [0, 0.05) is 29.2 Å². The number of allylic oxidation sites excluding steroid dienone is 1. The first kappa shape index (κ1) is 18.3. The average molecular weight is 360 g/mol. The largest absolute Gasteiger partial charge is 0.477 e. The molecule has 0 radical (unpaired) electrons. The summed E-state index contributed by atoms with van der Waals surface area (Å²) in [5.74, 6) is -0.830. The van der Waals surface area contributed by atoms with E-state index in [0.29, 0.717) is 22.8 Å². The van der Waals surface area contributed by atoms with Gasteiger partial charge < -0.3 is 10.8 Å². The molecule has 0 aliphatic carbocycles. The van der Waals surface area contributed by atoms with Crippen LogP contribution in [0.15, 0.2) is 54.5 Å². The highest BCUT2D eigenvalue weighted by Gasteiger charge is 2.19. The van der Waals surface area contributed by atoms with Gasteiger partial charge in [0.05, 0.1) is 5.69 Å². The molecular formula is C21H20N4O2. The highest BCUT2D eigenvalue weighted by atomic mass is 16.4. The van der Waals surface area contributed by atoms with Crippen LogP contribution in [0.1, 0.15) is 39.9 Å². The number of nitrogens with zero attached hydrogens (tertiary/aromatic N) is 3. The van der Waals surface area contributed by atoms with E-state index in [1.54, 1.807) is 31.5 Å². The zero-order valence-corrected chi connectivity index (χ0v) is 15.4. The van der Waals surface area contributed by atoms with Crippen molar-refractivity contribution < 1.29 is 9.90 Å². The van der Waals surface area contributed by atoms with Crippen LogP contribution in [0.2, 0.25) is 0 Å². The van der Waals surface area contributed by atoms with E-state index in [2.05, 4.69) is 15.0 Å². The van der Waals surface area contributed by atoms with Gasteiger partial charge in [-0.1, -0.05) is 18.2 Å². The number of carboxylic acid groups (broad SMARTS) is 1. The number of carboxylic acids is 1. The molecular weight excluding hydrogens is 340 g/mol. The zero-order valence-electron chi connectivity index (χ0n) is 15.4. The molecule has 0 saturated carbocycles. The number of nitrogens with two attached hydrogens (primary N) is 1. The Morgan fingerprint density at radius 2 is 1.67 bits per heavy atom. The van der Waals surface area contributed by atoms with Crippen molar-refractivity contribution in [2.24, 2.45) is 5.73 Å². The smallest absolute Gasteiger partial charge is 0.354 e. The summed E-state index contributed by atoms with van der Waals surface area (Å²) in [7, 11) is 0. The number of benzene rings is 1. The minimum Gasteiger partial charge on any atom is -0.477 e. The topological polar surface area (TPSA) is 102 Å². The lowest BCUT2D eigenvalue weighted by atomic mass is 9.93. The van der Waals surface area contributed by atoms with Crippen LogP contribution >= 0.6 is 0 Å². The van der Waals surface area contributed by atoms with Crippen LogP contribution in [0.5, 0.6) is 0 Å². The van der Waals surface area contributed by atoms with Crippen molar-refractivity contribution in [2.45, 2.75) is 20.8 Å². The molecule has 0 atom stereocenters. The van der Waals surface area contributed by atoms with Crippen LogP contribution in [0.3, 0.4) is 0 Å². The molecule has 0 fully saturated rings. The molecule has 0 unspecified atom stereocenters. The highest BCUT2D eigenvalue weighted by Crippen LogP contribution is 2.30. The summed E-state index contributed by atoms with van der Waals surface area (Å²) in [5, 5.41) is 9.53. The van der Waals surface area contributed by atoms with Gasteiger partial charge in [0.15, 0.2) is 11.5 Å². The second-order valence-corrected chi connectivity index (χ2v) is 6.33. The molecule has 1 aromatic carbocycles. The van der Waals surface area contributed by atoms with E-state index >= 15 is 0 Å². The number of aryl methyl sites for hydroxylation is 2. The standard InChI is InChI=1S/C21H20N4O2/c1-12-5-4-6-13(2)18(12)19(14(3)22)20-24-16(11-17(25-20)21(26)27)15-7-9-23-10-8-15/h4-11H,22H2,1-3H3,(H,26,27). The summed E-state index contributed by atoms with van der Waals surface area (Å²) in [4.78, 5) is 24.5. The van der Waals surface area contributed by atoms with Gasteiger partial charge in [-0.3, -0.25) is 4.98 Å². The molecule has 0 bridgehead atoms. The van der Waals surface area contributed by atoms with Gasteiger partial charge in [-0.15, -0.1) is 0 Å². The number of hydrogen-bond acceptors (Lipinski definition) is 5. The molecule has 3 N–H and O–H groups in total. The number of hydrogen-bond donors (Lipinski definition) is 2. The number of aromatic carboxylic acids is 1. The van der Waals surface area contributed by atoms with Gasteiger partial charge >= 0.3 is 5.97 Å². The first-order chi connectivity index (χ1) is 12.9. The van der Waals surface area contributed by atoms with E-state index in [9.17, 15) is 9.90 Å². The second kappa shape index (κ2) is 7.37. The summed E-state index contributed by atoms with van der Waals surface area (Å²) in [6.45, 7) is 5.73. The van der Waals surface area contributed by atoms with Crippen LogP contribution in [0, 0.1) is 13.8 Å². The summed E-state index contributed by atoms with van der Waals surface area (Å²) in [6, 6.07) is 10.9. The van der Waals surface area contributed by atoms with Crippen molar-refractivity contribution in [3.8, 4) is 11.3 Å². The Kier molecular flexibility index (Phi) is 4.98. The Bertz CT molecular complexity index is 1020. The van der Waals surface area contributed by atoms with E-state index < -0.39 is 5.97 Å². The molecule has 6 nitrogen and oxygen atoms in total. The lowest BCUT2D eigenvalue weighted by molar-refractivity contribution is 0.0690. The quantitative estimate of drug-likeness (QED) is 0.737. The minimum absolute atomic E-state index is 0.0863. The van der Waals surface area contributed by atoms with Crippen molar-refractivity contribution in [2.75, 3.05) is 0 Å². The van der Waals surface area contributed by atoms with Crippen LogP contribution in [-0.4, -0.2) is 26.0 Å². The van der Waals surface area contributed by atoms with Gasteiger partial charge in [0.2, 0.25) is 0 Å². The molecule has 0 aliphatic rings. The molecule has 6 heteroatoms. The normalized spacial score (nSPS) is 11.8. The van der Waals surface area contributed by atoms with E-state index in [-0.39, 0.29) is 5.69 Å². The molecule has 0 aliphatic heterocycles. The summed E-state index contributed by atoms with van der Waals surface area (Å²) < 4.78 is 0. The zero-order chi connectivity index (χ0) is 19.6. The fraction of sp³-hybridized carbons (Fsp3) is 0.143. The molecule has 27 heavy (non-hydrogen) atoms. The van der Waals surface area contributed by atoms with Gasteiger partial charge in [-0.2, -0.15) is 0 Å². The minimum atomic E-state index is -1.12. The maximum Gasteiger partial charge on any atom is 0.354 e. The third kappa shape index (κ3) is 3.69. The van der Waals surface area contributed by atoms with Crippen molar-refractivity contribution in [1.82, 2.24) is 15.0 Å². The number of carbonyl (C=O) groups is 1. The Hall–Kier alpha value is -3.54. The number of pyridine rings is 1. The summed E-state index contributed by atoms with van der Waals surface area (Å²) in [5.41, 5.74) is 11.5. The molecule has 0 saturated heterocycles. The van der Waals surface area contributed by atoms with Crippen LogP contribution in [0.4, 0.5) is 0 Å². The van der Waals surface area contributed by atoms with Gasteiger partial charge in [-0.05, 0) is 55.7 Å². The Labute approximate surface area is 157 Å². The number of aromatic nitrogens is 3. The second-order valence-electron chi connectivity index (χ2n) is 6.33. The van der Waals surface area contributed by atoms with Crippen molar-refractivity contribution in [3.63, 3.8) is 0 Å². The van der Waals surface area contributed by atoms with Crippen molar-refractivity contribution in [3.05, 3.63) is 82.7 Å². The molecule has 3 rings (SSSR count). The fourth-order valence-electron chi connectivity index (χ4n) is 3.03. The molecule has 2 aromatic heterocycles. The molecule has 2 heterocycles. The fourth-order valence-corrected chi connectivity index (χ4v) is 3.03. The number of rotatable bonds is 4. The monoisotopic (exact) mass is 360 g/mol. The van der Waals surface area contributed by atoms with Crippen molar-refractivity contribution in [1.29, 1.82) is 0 Å². The van der Waals surface area contributed by atoms with Gasteiger partial charge in [0.25, 0.3) is 0 Å². The van der Waals surface area contributed by atoms with Crippen molar-refractivity contribution >= 4 is 11.5 Å². The van der Waals surface area contributed by atoms with E-state index in [0.717, 1.165) is 22.3 Å². The lowest BCUT2D eigenvalue weighted by Gasteiger charge is -2.16. The highest BCUT2D eigenvalue weighted by molar-refractivity contribution is 5.89. The van der Waals surface area contributed by atoms with Crippen LogP contribution < -0.4 is 5.73 Å². The van der Waals surface area contributed by atoms with Gasteiger partial charge in [0.1, 0.15) is 0 Å². The average Bonchev–Trinajstić information content (AvgIpc) is 2.64.